The summed E-state index contributed by atoms with van der Waals surface area (Å²) in [5.74, 6) is 0.716. The molecule has 0 aliphatic heterocycles. The van der Waals surface area contributed by atoms with Crippen molar-refractivity contribution in [3.05, 3.63) is 162 Å². The monoisotopic (exact) mass is 603 g/mol. The number of para-hydroxylation sites is 1. The van der Waals surface area contributed by atoms with Crippen LogP contribution in [-0.2, 0) is 5.41 Å². The number of benzene rings is 6. The highest BCUT2D eigenvalue weighted by Gasteiger charge is 2.36. The molecule has 3 heteroatoms. The third kappa shape index (κ3) is 4.20. The first kappa shape index (κ1) is 27.5. The summed E-state index contributed by atoms with van der Waals surface area (Å²) in [5, 5.41) is 2.52. The normalized spacial score (nSPS) is 13.2. The molecule has 47 heavy (non-hydrogen) atoms. The molecule has 0 spiro atoms. The molecule has 0 atom stereocenters. The van der Waals surface area contributed by atoms with Crippen LogP contribution in [0.5, 0.6) is 0 Å². The van der Waals surface area contributed by atoms with Crippen LogP contribution < -0.4 is 0 Å². The van der Waals surface area contributed by atoms with Crippen LogP contribution in [0.4, 0.5) is 0 Å². The third-order valence-corrected chi connectivity index (χ3v) is 9.98. The number of hydrogen-bond donors (Lipinski definition) is 0. The Kier molecular flexibility index (Phi) is 6.07. The highest BCUT2D eigenvalue weighted by atomic mass is 15.0. The van der Waals surface area contributed by atoms with Gasteiger partial charge >= 0.3 is 0 Å². The van der Waals surface area contributed by atoms with Crippen LogP contribution in [-0.4, -0.2) is 14.5 Å². The van der Waals surface area contributed by atoms with E-state index in [1.165, 1.54) is 44.1 Å². The molecular formula is C44H33N3. The van der Waals surface area contributed by atoms with Gasteiger partial charge in [0.15, 0.2) is 5.82 Å². The van der Waals surface area contributed by atoms with Gasteiger partial charge in [-0.05, 0) is 59.5 Å². The maximum atomic E-state index is 5.21. The standard InChI is InChI=1S/C44H33N3/c1-28-41(29-15-6-4-7-16-29)45-43(46-42(28)30-17-8-5-9-18-30)31-19-14-20-32(25-31)47-39-24-13-11-22-34(39)36-26-35-33-21-10-12-23-37(33)44(2,3)38(35)27-40(36)47/h4-27H,1-3H3. The summed E-state index contributed by atoms with van der Waals surface area (Å²) in [6.45, 7) is 6.82. The molecule has 9 rings (SSSR count). The van der Waals surface area contributed by atoms with Gasteiger partial charge in [-0.2, -0.15) is 0 Å². The van der Waals surface area contributed by atoms with E-state index in [1.807, 2.05) is 12.1 Å². The Morgan fingerprint density at radius 1 is 0.489 bits per heavy atom. The fourth-order valence-electron chi connectivity index (χ4n) is 7.63. The van der Waals surface area contributed by atoms with Crippen molar-refractivity contribution in [1.29, 1.82) is 0 Å². The lowest BCUT2D eigenvalue weighted by atomic mass is 9.82. The molecule has 1 aliphatic carbocycles. The van der Waals surface area contributed by atoms with Crippen molar-refractivity contribution < 1.29 is 0 Å². The van der Waals surface area contributed by atoms with E-state index in [2.05, 4.69) is 159 Å². The molecule has 0 amide bonds. The van der Waals surface area contributed by atoms with E-state index < -0.39 is 0 Å². The molecule has 0 radical (unpaired) electrons. The summed E-state index contributed by atoms with van der Waals surface area (Å²) in [7, 11) is 0. The fraction of sp³-hybridized carbons (Fsp3) is 0.0909. The van der Waals surface area contributed by atoms with E-state index >= 15 is 0 Å². The predicted octanol–water partition coefficient (Wildman–Crippen LogP) is 11.2. The van der Waals surface area contributed by atoms with Crippen molar-refractivity contribution in [3.63, 3.8) is 0 Å². The fourth-order valence-corrected chi connectivity index (χ4v) is 7.63. The second-order valence-electron chi connectivity index (χ2n) is 13.1. The van der Waals surface area contributed by atoms with E-state index in [4.69, 9.17) is 9.97 Å². The lowest BCUT2D eigenvalue weighted by Gasteiger charge is -2.21. The van der Waals surface area contributed by atoms with Crippen LogP contribution in [0.25, 0.3) is 72.5 Å². The summed E-state index contributed by atoms with van der Waals surface area (Å²) in [5.41, 5.74) is 15.0. The Morgan fingerprint density at radius 2 is 1.11 bits per heavy atom. The van der Waals surface area contributed by atoms with Crippen LogP contribution in [0, 0.1) is 6.92 Å². The minimum atomic E-state index is -0.0827. The van der Waals surface area contributed by atoms with Crippen LogP contribution >= 0.6 is 0 Å². The molecule has 3 nitrogen and oxygen atoms in total. The zero-order chi connectivity index (χ0) is 31.7. The lowest BCUT2D eigenvalue weighted by Crippen LogP contribution is -2.14. The van der Waals surface area contributed by atoms with E-state index in [1.54, 1.807) is 0 Å². The van der Waals surface area contributed by atoms with Crippen molar-refractivity contribution >= 4 is 21.8 Å². The summed E-state index contributed by atoms with van der Waals surface area (Å²) in [4.78, 5) is 10.4. The van der Waals surface area contributed by atoms with Gasteiger partial charge in [-0.3, -0.25) is 0 Å². The van der Waals surface area contributed by atoms with E-state index in [0.29, 0.717) is 5.82 Å². The molecule has 2 heterocycles. The molecule has 2 aromatic heterocycles. The number of rotatable bonds is 4. The summed E-state index contributed by atoms with van der Waals surface area (Å²) >= 11 is 0. The van der Waals surface area contributed by atoms with Crippen molar-refractivity contribution in [2.45, 2.75) is 26.2 Å². The minimum absolute atomic E-state index is 0.0827. The number of fused-ring (bicyclic) bond motifs is 6. The van der Waals surface area contributed by atoms with Crippen LogP contribution in [0.15, 0.2) is 146 Å². The van der Waals surface area contributed by atoms with E-state index in [9.17, 15) is 0 Å². The topological polar surface area (TPSA) is 30.7 Å². The quantitative estimate of drug-likeness (QED) is 0.200. The number of hydrogen-bond acceptors (Lipinski definition) is 2. The molecule has 224 valence electrons. The van der Waals surface area contributed by atoms with Gasteiger partial charge in [-0.15, -0.1) is 0 Å². The van der Waals surface area contributed by atoms with Crippen molar-refractivity contribution in [2.24, 2.45) is 0 Å². The Morgan fingerprint density at radius 3 is 1.83 bits per heavy atom. The highest BCUT2D eigenvalue weighted by Crippen LogP contribution is 2.51. The van der Waals surface area contributed by atoms with Gasteiger partial charge in [0.1, 0.15) is 0 Å². The van der Waals surface area contributed by atoms with Gasteiger partial charge < -0.3 is 4.57 Å². The molecule has 0 unspecified atom stereocenters. The minimum Gasteiger partial charge on any atom is -0.309 e. The van der Waals surface area contributed by atoms with Gasteiger partial charge in [0, 0.05) is 44.1 Å². The van der Waals surface area contributed by atoms with Crippen LogP contribution in [0.3, 0.4) is 0 Å². The Balaban J connectivity index is 1.27. The van der Waals surface area contributed by atoms with Gasteiger partial charge in [-0.1, -0.05) is 129 Å². The van der Waals surface area contributed by atoms with Crippen LogP contribution in [0.1, 0.15) is 30.5 Å². The molecule has 6 aromatic carbocycles. The summed E-state index contributed by atoms with van der Waals surface area (Å²) < 4.78 is 2.41. The molecule has 0 saturated carbocycles. The van der Waals surface area contributed by atoms with Gasteiger partial charge in [0.05, 0.1) is 22.4 Å². The molecule has 8 aromatic rings. The van der Waals surface area contributed by atoms with Crippen LogP contribution in [0.2, 0.25) is 0 Å². The van der Waals surface area contributed by atoms with Crippen molar-refractivity contribution in [1.82, 2.24) is 14.5 Å². The predicted molar refractivity (Wildman–Crippen MR) is 195 cm³/mol. The first-order valence-corrected chi connectivity index (χ1v) is 16.3. The van der Waals surface area contributed by atoms with E-state index in [0.717, 1.165) is 39.3 Å². The van der Waals surface area contributed by atoms with Gasteiger partial charge in [0.2, 0.25) is 0 Å². The summed E-state index contributed by atoms with van der Waals surface area (Å²) in [6, 6.07) is 52.0. The van der Waals surface area contributed by atoms with E-state index in [-0.39, 0.29) is 5.41 Å². The van der Waals surface area contributed by atoms with Gasteiger partial charge in [-0.25, -0.2) is 9.97 Å². The number of nitrogens with zero attached hydrogens (tertiary/aromatic N) is 3. The maximum absolute atomic E-state index is 5.21. The summed E-state index contributed by atoms with van der Waals surface area (Å²) in [6.07, 6.45) is 0. The Hall–Kier alpha value is -5.80. The molecule has 1 aliphatic rings. The number of aromatic nitrogens is 3. The zero-order valence-corrected chi connectivity index (χ0v) is 26.7. The Labute approximate surface area is 274 Å². The molecule has 0 fully saturated rings. The molecule has 0 bridgehead atoms. The first-order valence-electron chi connectivity index (χ1n) is 16.3. The molecule has 0 saturated heterocycles. The molecular weight excluding hydrogens is 571 g/mol. The average molecular weight is 604 g/mol. The lowest BCUT2D eigenvalue weighted by molar-refractivity contribution is 0.661. The highest BCUT2D eigenvalue weighted by molar-refractivity contribution is 6.11. The second kappa shape index (κ2) is 10.4. The second-order valence-corrected chi connectivity index (χ2v) is 13.1. The average Bonchev–Trinajstić information content (AvgIpc) is 3.56. The van der Waals surface area contributed by atoms with Gasteiger partial charge in [0.25, 0.3) is 0 Å². The van der Waals surface area contributed by atoms with Crippen molar-refractivity contribution in [3.8, 4) is 50.7 Å². The third-order valence-electron chi connectivity index (χ3n) is 9.98. The first-order chi connectivity index (χ1) is 23.0. The maximum Gasteiger partial charge on any atom is 0.160 e. The molecule has 0 N–H and O–H groups in total. The smallest absolute Gasteiger partial charge is 0.160 e. The largest absolute Gasteiger partial charge is 0.309 e. The zero-order valence-electron chi connectivity index (χ0n) is 26.7. The Bertz CT molecular complexity index is 2430. The SMILES string of the molecule is Cc1c(-c2ccccc2)nc(-c2cccc(-n3c4ccccc4c4cc5c(cc43)C(C)(C)c3ccccc3-5)c2)nc1-c1ccccc1. The van der Waals surface area contributed by atoms with Crippen molar-refractivity contribution in [2.75, 3.05) is 0 Å².